The first-order valence-corrected chi connectivity index (χ1v) is 9.36. The number of hydrogen-bond donors (Lipinski definition) is 2. The molecule has 2 saturated heterocycles. The van der Waals surface area contributed by atoms with Gasteiger partial charge in [0.05, 0.1) is 13.2 Å². The van der Waals surface area contributed by atoms with Crippen LogP contribution in [0.4, 0.5) is 0 Å². The lowest BCUT2D eigenvalue weighted by molar-refractivity contribution is 0.0389. The molecule has 2 N–H and O–H groups in total. The summed E-state index contributed by atoms with van der Waals surface area (Å²) in [7, 11) is 1.87. The van der Waals surface area contributed by atoms with Gasteiger partial charge in [0.25, 0.3) is 0 Å². The van der Waals surface area contributed by atoms with Gasteiger partial charge in [-0.05, 0) is 19.3 Å². The number of rotatable bonds is 5. The zero-order chi connectivity index (χ0) is 15.9. The van der Waals surface area contributed by atoms with Gasteiger partial charge in [-0.25, -0.2) is 0 Å². The molecule has 1 saturated carbocycles. The summed E-state index contributed by atoms with van der Waals surface area (Å²) in [6.45, 7) is 8.25. The number of ether oxygens (including phenoxy) is 1. The summed E-state index contributed by atoms with van der Waals surface area (Å²) in [4.78, 5) is 9.52. The van der Waals surface area contributed by atoms with Gasteiger partial charge in [-0.3, -0.25) is 14.8 Å². The predicted octanol–water partition coefficient (Wildman–Crippen LogP) is 0.501. The monoisotopic (exact) mass is 323 g/mol. The van der Waals surface area contributed by atoms with Crippen molar-refractivity contribution in [3.63, 3.8) is 0 Å². The maximum Gasteiger partial charge on any atom is 0.191 e. The van der Waals surface area contributed by atoms with Crippen LogP contribution in [0.25, 0.3) is 0 Å². The van der Waals surface area contributed by atoms with Crippen molar-refractivity contribution in [2.75, 3.05) is 59.5 Å². The normalized spacial score (nSPS) is 28.4. The molecule has 0 radical (unpaired) electrons. The first kappa shape index (κ1) is 17.0. The largest absolute Gasteiger partial charge is 0.379 e. The van der Waals surface area contributed by atoms with E-state index in [0.717, 1.165) is 51.4 Å². The molecule has 0 aromatic heterocycles. The van der Waals surface area contributed by atoms with Crippen LogP contribution in [-0.4, -0.2) is 87.4 Å². The van der Waals surface area contributed by atoms with Gasteiger partial charge in [0.2, 0.25) is 0 Å². The Morgan fingerprint density at radius 1 is 1.13 bits per heavy atom. The van der Waals surface area contributed by atoms with E-state index in [4.69, 9.17) is 4.74 Å². The van der Waals surface area contributed by atoms with Gasteiger partial charge in [0.1, 0.15) is 0 Å². The fourth-order valence-corrected chi connectivity index (χ4v) is 4.05. The smallest absolute Gasteiger partial charge is 0.191 e. The lowest BCUT2D eigenvalue weighted by Crippen LogP contribution is -2.48. The molecule has 3 fully saturated rings. The summed E-state index contributed by atoms with van der Waals surface area (Å²) >= 11 is 0. The summed E-state index contributed by atoms with van der Waals surface area (Å²) in [6.07, 6.45) is 6.88. The van der Waals surface area contributed by atoms with E-state index in [1.807, 2.05) is 7.05 Å². The third kappa shape index (κ3) is 5.06. The fourth-order valence-electron chi connectivity index (χ4n) is 4.05. The topological polar surface area (TPSA) is 52.1 Å². The summed E-state index contributed by atoms with van der Waals surface area (Å²) in [5.74, 6) is 0.955. The minimum atomic E-state index is 0.546. The van der Waals surface area contributed by atoms with E-state index in [9.17, 15) is 0 Å². The van der Waals surface area contributed by atoms with E-state index < -0.39 is 0 Å². The molecule has 1 atom stereocenters. The highest BCUT2D eigenvalue weighted by atomic mass is 16.5. The van der Waals surface area contributed by atoms with Crippen LogP contribution in [0.15, 0.2) is 4.99 Å². The Hall–Kier alpha value is -0.850. The number of morpholine rings is 1. The fraction of sp³-hybridized carbons (Fsp3) is 0.941. The molecule has 0 spiro atoms. The van der Waals surface area contributed by atoms with Crippen LogP contribution in [-0.2, 0) is 4.74 Å². The highest BCUT2D eigenvalue weighted by Gasteiger charge is 2.30. The third-order valence-electron chi connectivity index (χ3n) is 5.45. The standard InChI is InChI=1S/C17H33N5O/c1-18-17(19-7-9-21-10-12-23-13-11-21)20-15-6-8-22(14-15)16-4-2-3-5-16/h15-16H,2-14H2,1H3,(H2,18,19,20). The second-order valence-corrected chi connectivity index (χ2v) is 7.02. The van der Waals surface area contributed by atoms with Crippen molar-refractivity contribution in [1.29, 1.82) is 0 Å². The first-order chi connectivity index (χ1) is 11.3. The molecule has 2 heterocycles. The molecule has 0 amide bonds. The molecule has 3 aliphatic rings. The second kappa shape index (κ2) is 8.85. The molecule has 1 aliphatic carbocycles. The number of likely N-dealkylation sites (tertiary alicyclic amines) is 1. The number of nitrogens with one attached hydrogen (secondary N) is 2. The predicted molar refractivity (Wildman–Crippen MR) is 94.0 cm³/mol. The Bertz CT molecular complexity index is 377. The molecule has 23 heavy (non-hydrogen) atoms. The highest BCUT2D eigenvalue weighted by Crippen LogP contribution is 2.26. The van der Waals surface area contributed by atoms with Crippen molar-refractivity contribution in [2.45, 2.75) is 44.2 Å². The van der Waals surface area contributed by atoms with Crippen molar-refractivity contribution >= 4 is 5.96 Å². The molecule has 132 valence electrons. The van der Waals surface area contributed by atoms with E-state index in [1.165, 1.54) is 45.2 Å². The van der Waals surface area contributed by atoms with Crippen LogP contribution in [0.1, 0.15) is 32.1 Å². The molecule has 0 aromatic carbocycles. The quantitative estimate of drug-likeness (QED) is 0.570. The molecule has 2 aliphatic heterocycles. The van der Waals surface area contributed by atoms with Gasteiger partial charge in [-0.2, -0.15) is 0 Å². The van der Waals surface area contributed by atoms with Gasteiger partial charge in [0, 0.05) is 58.4 Å². The molecule has 6 nitrogen and oxygen atoms in total. The molecule has 1 unspecified atom stereocenters. The van der Waals surface area contributed by atoms with Gasteiger partial charge >= 0.3 is 0 Å². The average molecular weight is 323 g/mol. The summed E-state index contributed by atoms with van der Waals surface area (Å²) < 4.78 is 5.39. The number of nitrogens with zero attached hydrogens (tertiary/aromatic N) is 3. The van der Waals surface area contributed by atoms with E-state index in [0.29, 0.717) is 6.04 Å². The lowest BCUT2D eigenvalue weighted by atomic mass is 10.2. The van der Waals surface area contributed by atoms with Crippen molar-refractivity contribution < 1.29 is 4.74 Å². The van der Waals surface area contributed by atoms with Gasteiger partial charge in [0.15, 0.2) is 5.96 Å². The van der Waals surface area contributed by atoms with E-state index >= 15 is 0 Å². The highest BCUT2D eigenvalue weighted by molar-refractivity contribution is 5.80. The van der Waals surface area contributed by atoms with E-state index in [2.05, 4.69) is 25.4 Å². The number of hydrogen-bond acceptors (Lipinski definition) is 4. The van der Waals surface area contributed by atoms with Crippen molar-refractivity contribution in [3.05, 3.63) is 0 Å². The summed E-state index contributed by atoms with van der Waals surface area (Å²) in [5.41, 5.74) is 0. The molecule has 0 aromatic rings. The molecule has 6 heteroatoms. The van der Waals surface area contributed by atoms with Crippen molar-refractivity contribution in [1.82, 2.24) is 20.4 Å². The molecule has 3 rings (SSSR count). The van der Waals surface area contributed by atoms with Gasteiger partial charge in [-0.15, -0.1) is 0 Å². The maximum absolute atomic E-state index is 5.39. The molecule has 0 bridgehead atoms. The Morgan fingerprint density at radius 2 is 1.91 bits per heavy atom. The van der Waals surface area contributed by atoms with E-state index in [1.54, 1.807) is 0 Å². The zero-order valence-electron chi connectivity index (χ0n) is 14.6. The molecular formula is C17H33N5O. The minimum absolute atomic E-state index is 0.546. The minimum Gasteiger partial charge on any atom is -0.379 e. The van der Waals surface area contributed by atoms with E-state index in [-0.39, 0.29) is 0 Å². The lowest BCUT2D eigenvalue weighted by Gasteiger charge is -2.27. The van der Waals surface area contributed by atoms with Crippen LogP contribution >= 0.6 is 0 Å². The Kier molecular flexibility index (Phi) is 6.54. The van der Waals surface area contributed by atoms with Crippen molar-refractivity contribution in [2.24, 2.45) is 4.99 Å². The average Bonchev–Trinajstić information content (AvgIpc) is 3.26. The van der Waals surface area contributed by atoms with Crippen LogP contribution in [0.5, 0.6) is 0 Å². The molecular weight excluding hydrogens is 290 g/mol. The Morgan fingerprint density at radius 3 is 2.65 bits per heavy atom. The summed E-state index contributed by atoms with van der Waals surface area (Å²) in [5, 5.41) is 7.08. The van der Waals surface area contributed by atoms with Crippen LogP contribution in [0.3, 0.4) is 0 Å². The Labute approximate surface area is 140 Å². The van der Waals surface area contributed by atoms with Gasteiger partial charge in [-0.1, -0.05) is 12.8 Å². The summed E-state index contributed by atoms with van der Waals surface area (Å²) in [6, 6.07) is 1.39. The second-order valence-electron chi connectivity index (χ2n) is 7.02. The third-order valence-corrected chi connectivity index (χ3v) is 5.45. The van der Waals surface area contributed by atoms with Crippen LogP contribution in [0, 0.1) is 0 Å². The van der Waals surface area contributed by atoms with Crippen LogP contribution in [0.2, 0.25) is 0 Å². The SMILES string of the molecule is CN=C(NCCN1CCOCC1)NC1CCN(C2CCCC2)C1. The van der Waals surface area contributed by atoms with Crippen molar-refractivity contribution in [3.8, 4) is 0 Å². The number of guanidine groups is 1. The van der Waals surface area contributed by atoms with Crippen LogP contribution < -0.4 is 10.6 Å². The zero-order valence-corrected chi connectivity index (χ0v) is 14.6. The number of aliphatic imine (C=N–C) groups is 1. The first-order valence-electron chi connectivity index (χ1n) is 9.36. The Balaban J connectivity index is 1.34. The maximum atomic E-state index is 5.39. The van der Waals surface area contributed by atoms with Gasteiger partial charge < -0.3 is 15.4 Å².